The summed E-state index contributed by atoms with van der Waals surface area (Å²) >= 11 is 0. The zero-order valence-corrected chi connectivity index (χ0v) is 12.3. The van der Waals surface area contributed by atoms with Gasteiger partial charge in [0.05, 0.1) is 12.5 Å². The van der Waals surface area contributed by atoms with Crippen LogP contribution in [0.15, 0.2) is 62.5 Å². The molecule has 0 amide bonds. The molecule has 0 spiro atoms. The maximum absolute atomic E-state index is 12.7. The number of hydrogen-bond acceptors (Lipinski definition) is 4. The number of ether oxygens (including phenoxy) is 1. The summed E-state index contributed by atoms with van der Waals surface area (Å²) in [6.45, 7) is 0. The quantitative estimate of drug-likeness (QED) is 0.570. The number of methoxy groups -OCH3 is 1. The lowest BCUT2D eigenvalue weighted by Crippen LogP contribution is -2.25. The Morgan fingerprint density at radius 1 is 1.00 bits per heavy atom. The molecule has 2 aromatic rings. The van der Waals surface area contributed by atoms with Crippen molar-refractivity contribution in [2.45, 2.75) is 0 Å². The van der Waals surface area contributed by atoms with Crippen LogP contribution in [-0.2, 0) is 0 Å². The van der Waals surface area contributed by atoms with Crippen molar-refractivity contribution in [3.8, 4) is 17.1 Å². The van der Waals surface area contributed by atoms with E-state index in [0.29, 0.717) is 27.3 Å². The van der Waals surface area contributed by atoms with Gasteiger partial charge in [0.2, 0.25) is 0 Å². The lowest BCUT2D eigenvalue weighted by Gasteiger charge is -2.02. The molecular weight excluding hydrogens is 292 g/mol. The van der Waals surface area contributed by atoms with Crippen LogP contribution in [-0.4, -0.2) is 7.11 Å². The zero-order valence-electron chi connectivity index (χ0n) is 12.3. The standard InChI is InChI=1S/C19H12O4/c1-22-13-7-5-11(6-8-13)9-12-10-16-17-14(18(12)20)3-2-4-15(17)19(21)23-16/h2-10H,1H3/b12-9+. The molecule has 0 radical (unpaired) electrons. The van der Waals surface area contributed by atoms with Gasteiger partial charge in [0, 0.05) is 16.2 Å². The molecule has 0 saturated carbocycles. The van der Waals surface area contributed by atoms with E-state index in [1.54, 1.807) is 37.5 Å². The molecule has 0 saturated heterocycles. The third kappa shape index (κ3) is 2.07. The highest BCUT2D eigenvalue weighted by Gasteiger charge is 2.19. The van der Waals surface area contributed by atoms with E-state index in [1.165, 1.54) is 0 Å². The molecular formula is C19H12O4. The van der Waals surface area contributed by atoms with Crippen molar-refractivity contribution in [3.05, 3.63) is 80.0 Å². The monoisotopic (exact) mass is 304 g/mol. The molecule has 2 aromatic carbocycles. The molecule has 0 bridgehead atoms. The van der Waals surface area contributed by atoms with Gasteiger partial charge in [0.15, 0.2) is 5.43 Å². The molecule has 1 aliphatic heterocycles. The fraction of sp³-hybridized carbons (Fsp3) is 0.0526. The molecule has 0 aromatic heterocycles. The van der Waals surface area contributed by atoms with Crippen molar-refractivity contribution < 1.29 is 9.15 Å². The molecule has 4 heteroatoms. The minimum absolute atomic E-state index is 0.111. The average Bonchev–Trinajstić information content (AvgIpc) is 2.90. The van der Waals surface area contributed by atoms with Gasteiger partial charge in [0.1, 0.15) is 11.5 Å². The molecule has 0 N–H and O–H groups in total. The molecule has 112 valence electrons. The summed E-state index contributed by atoms with van der Waals surface area (Å²) in [5.41, 5.74) is 0.954. The highest BCUT2D eigenvalue weighted by Crippen LogP contribution is 2.28. The van der Waals surface area contributed by atoms with Gasteiger partial charge < -0.3 is 9.15 Å². The summed E-state index contributed by atoms with van der Waals surface area (Å²) in [5, 5.41) is 1.45. The number of benzene rings is 3. The van der Waals surface area contributed by atoms with E-state index in [4.69, 9.17) is 9.15 Å². The van der Waals surface area contributed by atoms with E-state index in [2.05, 4.69) is 0 Å². The maximum Gasteiger partial charge on any atom is 0.344 e. The van der Waals surface area contributed by atoms with Crippen molar-refractivity contribution >= 4 is 16.8 Å². The van der Waals surface area contributed by atoms with Crippen LogP contribution in [0.2, 0.25) is 0 Å². The first kappa shape index (κ1) is 13.5. The van der Waals surface area contributed by atoms with Crippen LogP contribution >= 0.6 is 0 Å². The van der Waals surface area contributed by atoms with E-state index in [-0.39, 0.29) is 5.43 Å². The SMILES string of the molecule is COc1ccc(/C=c2\cc3oc(=O)c4cccc(c4-3)c2=O)cc1. The van der Waals surface area contributed by atoms with Crippen LogP contribution in [0, 0.1) is 0 Å². The average molecular weight is 304 g/mol. The minimum atomic E-state index is -0.411. The fourth-order valence-corrected chi connectivity index (χ4v) is 2.83. The molecule has 1 heterocycles. The summed E-state index contributed by atoms with van der Waals surface area (Å²) in [6.07, 6.45) is 1.77. The molecule has 1 aliphatic carbocycles. The Morgan fingerprint density at radius 2 is 1.74 bits per heavy atom. The first-order valence-electron chi connectivity index (χ1n) is 7.15. The van der Waals surface area contributed by atoms with Crippen LogP contribution in [0.3, 0.4) is 0 Å². The summed E-state index contributed by atoms with van der Waals surface area (Å²) in [6, 6.07) is 14.1. The Labute approximate surface area is 130 Å². The fourth-order valence-electron chi connectivity index (χ4n) is 2.83. The Bertz CT molecular complexity index is 1120. The molecule has 4 rings (SSSR count). The van der Waals surface area contributed by atoms with Crippen molar-refractivity contribution in [1.29, 1.82) is 0 Å². The smallest absolute Gasteiger partial charge is 0.344 e. The van der Waals surface area contributed by atoms with Crippen molar-refractivity contribution in [1.82, 2.24) is 0 Å². The normalized spacial score (nSPS) is 12.3. The maximum atomic E-state index is 12.7. The topological polar surface area (TPSA) is 56.5 Å². The summed E-state index contributed by atoms with van der Waals surface area (Å²) in [7, 11) is 1.60. The summed E-state index contributed by atoms with van der Waals surface area (Å²) < 4.78 is 10.4. The number of furan rings is 1. The summed E-state index contributed by atoms with van der Waals surface area (Å²) in [5.74, 6) is 1.19. The third-order valence-electron chi connectivity index (χ3n) is 3.96. The van der Waals surface area contributed by atoms with Gasteiger partial charge in [-0.25, -0.2) is 4.79 Å². The largest absolute Gasteiger partial charge is 0.497 e. The van der Waals surface area contributed by atoms with Crippen molar-refractivity contribution in [3.63, 3.8) is 0 Å². The van der Waals surface area contributed by atoms with E-state index in [9.17, 15) is 9.59 Å². The van der Waals surface area contributed by atoms with Crippen LogP contribution in [0.4, 0.5) is 0 Å². The van der Waals surface area contributed by atoms with E-state index >= 15 is 0 Å². The Hall–Kier alpha value is -3.14. The van der Waals surface area contributed by atoms with Crippen LogP contribution in [0.1, 0.15) is 5.56 Å². The van der Waals surface area contributed by atoms with E-state index < -0.39 is 5.63 Å². The first-order chi connectivity index (χ1) is 11.2. The predicted molar refractivity (Wildman–Crippen MR) is 88.3 cm³/mol. The second-order valence-corrected chi connectivity index (χ2v) is 5.33. The molecule has 0 fully saturated rings. The van der Waals surface area contributed by atoms with Gasteiger partial charge in [-0.2, -0.15) is 0 Å². The predicted octanol–water partition coefficient (Wildman–Crippen LogP) is 2.25. The summed E-state index contributed by atoms with van der Waals surface area (Å²) in [4.78, 5) is 24.5. The van der Waals surface area contributed by atoms with Gasteiger partial charge in [0.25, 0.3) is 0 Å². The van der Waals surface area contributed by atoms with E-state index in [1.807, 2.05) is 24.3 Å². The van der Waals surface area contributed by atoms with Gasteiger partial charge >= 0.3 is 5.63 Å². The molecule has 2 aliphatic rings. The minimum Gasteiger partial charge on any atom is -0.497 e. The van der Waals surface area contributed by atoms with E-state index in [0.717, 1.165) is 11.3 Å². The highest BCUT2D eigenvalue weighted by molar-refractivity contribution is 5.95. The number of rotatable bonds is 2. The lowest BCUT2D eigenvalue weighted by molar-refractivity contribution is 0.415. The van der Waals surface area contributed by atoms with Gasteiger partial charge in [-0.05, 0) is 35.9 Å². The van der Waals surface area contributed by atoms with Gasteiger partial charge in [-0.15, -0.1) is 0 Å². The van der Waals surface area contributed by atoms with Crippen molar-refractivity contribution in [2.75, 3.05) is 7.11 Å². The highest BCUT2D eigenvalue weighted by atomic mass is 16.5. The third-order valence-corrected chi connectivity index (χ3v) is 3.96. The van der Waals surface area contributed by atoms with Crippen LogP contribution < -0.4 is 21.0 Å². The Kier molecular flexibility index (Phi) is 2.91. The van der Waals surface area contributed by atoms with Gasteiger partial charge in [-0.1, -0.05) is 24.3 Å². The second kappa shape index (κ2) is 4.95. The molecule has 4 nitrogen and oxygen atoms in total. The van der Waals surface area contributed by atoms with Gasteiger partial charge in [-0.3, -0.25) is 4.79 Å². The number of hydrogen-bond donors (Lipinski definition) is 0. The van der Waals surface area contributed by atoms with Crippen molar-refractivity contribution in [2.24, 2.45) is 0 Å². The van der Waals surface area contributed by atoms with Crippen LogP contribution in [0.5, 0.6) is 5.75 Å². The second-order valence-electron chi connectivity index (χ2n) is 5.33. The first-order valence-corrected chi connectivity index (χ1v) is 7.15. The zero-order chi connectivity index (χ0) is 16.0. The molecule has 0 unspecified atom stereocenters. The Balaban J connectivity index is 2.02. The van der Waals surface area contributed by atoms with Crippen LogP contribution in [0.25, 0.3) is 28.2 Å². The Morgan fingerprint density at radius 3 is 2.48 bits per heavy atom. The molecule has 23 heavy (non-hydrogen) atoms. The molecule has 0 atom stereocenters. The lowest BCUT2D eigenvalue weighted by atomic mass is 10.00.